The normalized spacial score (nSPS) is 24.4. The molecule has 2 aliphatic heterocycles. The van der Waals surface area contributed by atoms with Crippen LogP contribution >= 0.6 is 0 Å². The molecule has 0 aromatic heterocycles. The number of hydrogen-bond acceptors (Lipinski definition) is 4. The quantitative estimate of drug-likeness (QED) is 0.750. The van der Waals surface area contributed by atoms with E-state index in [1.807, 2.05) is 18.2 Å². The van der Waals surface area contributed by atoms with E-state index in [9.17, 15) is 0 Å². The number of benzene rings is 1. The fourth-order valence-corrected chi connectivity index (χ4v) is 2.18. The Labute approximate surface area is 120 Å². The highest BCUT2D eigenvalue weighted by Crippen LogP contribution is 2.39. The maximum absolute atomic E-state index is 5.91. The number of hydrogen-bond donors (Lipinski definition) is 0. The first-order chi connectivity index (χ1) is 9.54. The summed E-state index contributed by atoms with van der Waals surface area (Å²) in [5.74, 6) is 1.78. The third kappa shape index (κ3) is 3.44. The topological polar surface area (TPSA) is 43.5 Å². The molecule has 2 fully saturated rings. The molecule has 4 nitrogen and oxygen atoms in total. The van der Waals surface area contributed by atoms with E-state index in [-0.39, 0.29) is 17.6 Å². The summed E-state index contributed by atoms with van der Waals surface area (Å²) in [6.45, 7) is 9.34. The Kier molecular flexibility index (Phi) is 3.61. The van der Waals surface area contributed by atoms with Crippen LogP contribution in [-0.2, 0) is 14.9 Å². The molecule has 2 atom stereocenters. The van der Waals surface area contributed by atoms with E-state index >= 15 is 0 Å². The lowest BCUT2D eigenvalue weighted by Gasteiger charge is -2.25. The van der Waals surface area contributed by atoms with Crippen LogP contribution in [0.1, 0.15) is 26.3 Å². The maximum atomic E-state index is 5.91. The van der Waals surface area contributed by atoms with Crippen molar-refractivity contribution in [2.45, 2.75) is 38.4 Å². The summed E-state index contributed by atoms with van der Waals surface area (Å²) in [5.41, 5.74) is 1.07. The molecular weight excluding hydrogens is 256 g/mol. The molecule has 3 rings (SSSR count). The van der Waals surface area contributed by atoms with Gasteiger partial charge in [-0.15, -0.1) is 0 Å². The van der Waals surface area contributed by atoms with Crippen LogP contribution in [0.25, 0.3) is 0 Å². The Morgan fingerprint density at radius 2 is 1.45 bits per heavy atom. The van der Waals surface area contributed by atoms with Crippen LogP contribution in [0, 0.1) is 0 Å². The van der Waals surface area contributed by atoms with Crippen LogP contribution in [0.15, 0.2) is 18.2 Å². The second-order valence-electron chi connectivity index (χ2n) is 6.41. The summed E-state index contributed by atoms with van der Waals surface area (Å²) in [4.78, 5) is 0. The first kappa shape index (κ1) is 13.7. The molecule has 0 radical (unpaired) electrons. The molecule has 110 valence electrons. The zero-order valence-corrected chi connectivity index (χ0v) is 12.3. The molecule has 2 heterocycles. The number of ether oxygens (including phenoxy) is 4. The molecule has 2 aliphatic rings. The molecule has 4 heteroatoms. The van der Waals surface area contributed by atoms with E-state index in [4.69, 9.17) is 18.9 Å². The van der Waals surface area contributed by atoms with Crippen molar-refractivity contribution in [1.29, 1.82) is 0 Å². The van der Waals surface area contributed by atoms with E-state index < -0.39 is 0 Å². The van der Waals surface area contributed by atoms with Gasteiger partial charge in [-0.25, -0.2) is 0 Å². The molecule has 1 aromatic rings. The molecular formula is C16H22O4. The summed E-state index contributed by atoms with van der Waals surface area (Å²) >= 11 is 0. The highest BCUT2D eigenvalue weighted by Gasteiger charge is 2.29. The minimum absolute atomic E-state index is 0.0409. The van der Waals surface area contributed by atoms with Crippen LogP contribution < -0.4 is 9.47 Å². The van der Waals surface area contributed by atoms with Crippen molar-refractivity contribution >= 4 is 0 Å². The fraction of sp³-hybridized carbons (Fsp3) is 0.625. The molecule has 0 spiro atoms. The van der Waals surface area contributed by atoms with E-state index in [2.05, 4.69) is 20.8 Å². The van der Waals surface area contributed by atoms with Crippen molar-refractivity contribution in [2.24, 2.45) is 0 Å². The lowest BCUT2D eigenvalue weighted by molar-refractivity contribution is 0.243. The zero-order chi connectivity index (χ0) is 14.2. The van der Waals surface area contributed by atoms with Crippen LogP contribution in [0.3, 0.4) is 0 Å². The summed E-state index contributed by atoms with van der Waals surface area (Å²) < 4.78 is 22.2. The van der Waals surface area contributed by atoms with Gasteiger partial charge in [-0.2, -0.15) is 0 Å². The van der Waals surface area contributed by atoms with Gasteiger partial charge in [-0.1, -0.05) is 26.8 Å². The highest BCUT2D eigenvalue weighted by atomic mass is 16.6. The predicted octanol–water partition coefficient (Wildman–Crippen LogP) is 2.54. The van der Waals surface area contributed by atoms with E-state index in [0.29, 0.717) is 13.2 Å². The van der Waals surface area contributed by atoms with Crippen LogP contribution in [0.2, 0.25) is 0 Å². The van der Waals surface area contributed by atoms with E-state index in [1.165, 1.54) is 0 Å². The van der Waals surface area contributed by atoms with Gasteiger partial charge in [0.1, 0.15) is 36.9 Å². The van der Waals surface area contributed by atoms with Gasteiger partial charge in [0.05, 0.1) is 13.2 Å². The van der Waals surface area contributed by atoms with Crippen molar-refractivity contribution in [2.75, 3.05) is 26.4 Å². The molecule has 0 bridgehead atoms. The molecule has 0 saturated carbocycles. The second kappa shape index (κ2) is 5.26. The largest absolute Gasteiger partial charge is 0.490 e. The molecule has 2 saturated heterocycles. The average Bonchev–Trinajstić information content (AvgIpc) is 3.26. The van der Waals surface area contributed by atoms with Crippen LogP contribution in [0.5, 0.6) is 11.5 Å². The second-order valence-corrected chi connectivity index (χ2v) is 6.41. The Morgan fingerprint density at radius 1 is 1.00 bits per heavy atom. The summed E-state index contributed by atoms with van der Waals surface area (Å²) in [6.07, 6.45) is 0.513. The predicted molar refractivity (Wildman–Crippen MR) is 75.6 cm³/mol. The molecule has 0 amide bonds. The molecule has 0 N–H and O–H groups in total. The summed E-state index contributed by atoms with van der Waals surface area (Å²) in [5, 5.41) is 0. The number of epoxide rings is 2. The lowest BCUT2D eigenvalue weighted by atomic mass is 9.85. The minimum Gasteiger partial charge on any atom is -0.490 e. The van der Waals surface area contributed by atoms with Gasteiger partial charge in [0.2, 0.25) is 0 Å². The van der Waals surface area contributed by atoms with Gasteiger partial charge in [-0.3, -0.25) is 0 Å². The van der Waals surface area contributed by atoms with Crippen LogP contribution in [0.4, 0.5) is 0 Å². The van der Waals surface area contributed by atoms with E-state index in [1.54, 1.807) is 0 Å². The lowest BCUT2D eigenvalue weighted by Crippen LogP contribution is -2.18. The van der Waals surface area contributed by atoms with Crippen molar-refractivity contribution in [1.82, 2.24) is 0 Å². The van der Waals surface area contributed by atoms with Gasteiger partial charge in [-0.05, 0) is 17.5 Å². The zero-order valence-electron chi connectivity index (χ0n) is 12.3. The van der Waals surface area contributed by atoms with E-state index in [0.717, 1.165) is 30.3 Å². The third-order valence-electron chi connectivity index (χ3n) is 3.39. The van der Waals surface area contributed by atoms with Gasteiger partial charge in [0, 0.05) is 5.56 Å². The average molecular weight is 278 g/mol. The van der Waals surface area contributed by atoms with Crippen LogP contribution in [-0.4, -0.2) is 38.6 Å². The number of rotatable bonds is 6. The molecule has 0 aliphatic carbocycles. The first-order valence-corrected chi connectivity index (χ1v) is 7.16. The fourth-order valence-electron chi connectivity index (χ4n) is 2.18. The third-order valence-corrected chi connectivity index (χ3v) is 3.39. The molecule has 2 unspecified atom stereocenters. The Hall–Kier alpha value is -1.26. The Bertz CT molecular complexity index is 436. The summed E-state index contributed by atoms with van der Waals surface area (Å²) in [7, 11) is 0. The van der Waals surface area contributed by atoms with Gasteiger partial charge in [0.25, 0.3) is 0 Å². The highest BCUT2D eigenvalue weighted by molar-refractivity contribution is 5.49. The van der Waals surface area contributed by atoms with Crippen molar-refractivity contribution in [3.8, 4) is 11.5 Å². The minimum atomic E-state index is -0.0409. The standard InChI is InChI=1S/C16H22O4/c1-16(2,3)15-13(19-9-11-7-17-11)5-4-6-14(15)20-10-12-8-18-12/h4-6,11-12H,7-10H2,1-3H3. The van der Waals surface area contributed by atoms with Gasteiger partial charge in [0.15, 0.2) is 0 Å². The maximum Gasteiger partial charge on any atom is 0.126 e. The Morgan fingerprint density at radius 3 is 1.80 bits per heavy atom. The monoisotopic (exact) mass is 278 g/mol. The van der Waals surface area contributed by atoms with Crippen molar-refractivity contribution in [3.63, 3.8) is 0 Å². The van der Waals surface area contributed by atoms with Crippen molar-refractivity contribution in [3.05, 3.63) is 23.8 Å². The SMILES string of the molecule is CC(C)(C)c1c(OCC2CO2)cccc1OCC1CO1. The smallest absolute Gasteiger partial charge is 0.126 e. The summed E-state index contributed by atoms with van der Waals surface area (Å²) in [6, 6.07) is 5.98. The molecule has 1 aromatic carbocycles. The van der Waals surface area contributed by atoms with Crippen molar-refractivity contribution < 1.29 is 18.9 Å². The Balaban J connectivity index is 1.80. The molecule has 20 heavy (non-hydrogen) atoms. The first-order valence-electron chi connectivity index (χ1n) is 7.16. The van der Waals surface area contributed by atoms with Gasteiger partial charge >= 0.3 is 0 Å². The van der Waals surface area contributed by atoms with Gasteiger partial charge < -0.3 is 18.9 Å².